The molecular weight excluding hydrogens is 343 g/mol. The van der Waals surface area contributed by atoms with Crippen LogP contribution in [0.4, 0.5) is 0 Å². The summed E-state index contributed by atoms with van der Waals surface area (Å²) in [6.07, 6.45) is 0. The van der Waals surface area contributed by atoms with Gasteiger partial charge < -0.3 is 4.89 Å². The SMILES string of the molecule is CCOP(=O)(O)OOC(=O)C(C)=C(c1ccccc1)c1ccccc1. The minimum atomic E-state index is -4.43. The Morgan fingerprint density at radius 2 is 1.48 bits per heavy atom. The standard InChI is InChI=1S/C18H19O6P/c1-3-22-25(20,21)24-23-18(19)14(2)17(15-10-6-4-7-11-15)16-12-8-5-9-13-16/h4-13H,3H2,1-2H3,(H,20,21). The number of rotatable bonds is 7. The van der Waals surface area contributed by atoms with Crippen LogP contribution in [0.15, 0.2) is 66.2 Å². The van der Waals surface area contributed by atoms with Gasteiger partial charge in [-0.2, -0.15) is 0 Å². The number of carbonyl (C=O) groups is 1. The Balaban J connectivity index is 2.35. The van der Waals surface area contributed by atoms with Crippen molar-refractivity contribution in [2.45, 2.75) is 13.8 Å². The molecule has 132 valence electrons. The molecule has 0 saturated heterocycles. The van der Waals surface area contributed by atoms with E-state index >= 15 is 0 Å². The first-order valence-electron chi connectivity index (χ1n) is 7.64. The van der Waals surface area contributed by atoms with Gasteiger partial charge >= 0.3 is 13.8 Å². The molecule has 0 aliphatic rings. The molecular formula is C18H19O6P. The number of phosphoric ester groups is 1. The van der Waals surface area contributed by atoms with Gasteiger partial charge in [-0.1, -0.05) is 65.3 Å². The van der Waals surface area contributed by atoms with E-state index in [9.17, 15) is 14.3 Å². The largest absolute Gasteiger partial charge is 0.508 e. The van der Waals surface area contributed by atoms with Crippen LogP contribution in [-0.4, -0.2) is 17.5 Å². The Morgan fingerprint density at radius 1 is 1.00 bits per heavy atom. The molecule has 0 spiro atoms. The van der Waals surface area contributed by atoms with E-state index in [4.69, 9.17) is 0 Å². The molecule has 6 nitrogen and oxygen atoms in total. The van der Waals surface area contributed by atoms with Gasteiger partial charge in [-0.15, -0.1) is 0 Å². The first-order chi connectivity index (χ1) is 11.9. The molecule has 7 heteroatoms. The van der Waals surface area contributed by atoms with Crippen molar-refractivity contribution in [3.63, 3.8) is 0 Å². The molecule has 0 amide bonds. The second-order valence-corrected chi connectivity index (χ2v) is 6.41. The van der Waals surface area contributed by atoms with Crippen molar-refractivity contribution in [3.05, 3.63) is 77.4 Å². The smallest absolute Gasteiger partial charge is 0.300 e. The summed E-state index contributed by atoms with van der Waals surface area (Å²) in [6.45, 7) is 3.02. The summed E-state index contributed by atoms with van der Waals surface area (Å²) in [5.74, 6) is -0.878. The third kappa shape index (κ3) is 5.37. The minimum absolute atomic E-state index is 0.0561. The predicted octanol–water partition coefficient (Wildman–Crippen LogP) is 4.12. The average molecular weight is 362 g/mol. The lowest BCUT2D eigenvalue weighted by atomic mass is 9.94. The van der Waals surface area contributed by atoms with Crippen LogP contribution in [-0.2, 0) is 23.4 Å². The average Bonchev–Trinajstić information content (AvgIpc) is 2.62. The van der Waals surface area contributed by atoms with E-state index in [0.29, 0.717) is 5.57 Å². The van der Waals surface area contributed by atoms with Crippen molar-refractivity contribution in [3.8, 4) is 0 Å². The van der Waals surface area contributed by atoms with E-state index in [1.54, 1.807) is 6.92 Å². The molecule has 0 radical (unpaired) electrons. The lowest BCUT2D eigenvalue weighted by Gasteiger charge is -2.13. The van der Waals surface area contributed by atoms with Crippen molar-refractivity contribution < 1.29 is 28.3 Å². The van der Waals surface area contributed by atoms with Crippen LogP contribution in [0.5, 0.6) is 0 Å². The lowest BCUT2D eigenvalue weighted by Crippen LogP contribution is -2.09. The van der Waals surface area contributed by atoms with Crippen LogP contribution in [0.3, 0.4) is 0 Å². The molecule has 25 heavy (non-hydrogen) atoms. The van der Waals surface area contributed by atoms with Gasteiger partial charge in [0.1, 0.15) is 0 Å². The van der Waals surface area contributed by atoms with E-state index in [1.807, 2.05) is 60.7 Å². The summed E-state index contributed by atoms with van der Waals surface area (Å²) in [4.78, 5) is 26.1. The van der Waals surface area contributed by atoms with Crippen molar-refractivity contribution in [2.75, 3.05) is 6.61 Å². The minimum Gasteiger partial charge on any atom is -0.300 e. The first-order valence-corrected chi connectivity index (χ1v) is 9.14. The van der Waals surface area contributed by atoms with Gasteiger partial charge in [-0.05, 0) is 30.5 Å². The molecule has 2 rings (SSSR count). The fourth-order valence-corrected chi connectivity index (χ4v) is 2.77. The number of phosphoric acid groups is 1. The monoisotopic (exact) mass is 362 g/mol. The quantitative estimate of drug-likeness (QED) is 0.345. The Morgan fingerprint density at radius 3 is 1.92 bits per heavy atom. The van der Waals surface area contributed by atoms with Crippen molar-refractivity contribution in [1.82, 2.24) is 0 Å². The molecule has 2 aromatic carbocycles. The summed E-state index contributed by atoms with van der Waals surface area (Å²) in [5.41, 5.74) is 2.48. The topological polar surface area (TPSA) is 82.1 Å². The zero-order chi connectivity index (χ0) is 18.3. The maximum atomic E-state index is 12.3. The fraction of sp³-hybridized carbons (Fsp3) is 0.167. The summed E-state index contributed by atoms with van der Waals surface area (Å²) < 4.78 is 20.2. The van der Waals surface area contributed by atoms with Gasteiger partial charge in [0, 0.05) is 5.57 Å². The normalized spacial score (nSPS) is 12.9. The maximum absolute atomic E-state index is 12.3. The second-order valence-electron chi connectivity index (χ2n) is 5.06. The highest BCUT2D eigenvalue weighted by atomic mass is 31.2. The zero-order valence-electron chi connectivity index (χ0n) is 13.9. The first kappa shape index (κ1) is 19.1. The van der Waals surface area contributed by atoms with Gasteiger partial charge in [0.25, 0.3) is 0 Å². The van der Waals surface area contributed by atoms with Gasteiger partial charge in [-0.25, -0.2) is 9.36 Å². The van der Waals surface area contributed by atoms with Crippen LogP contribution in [0, 0.1) is 0 Å². The lowest BCUT2D eigenvalue weighted by molar-refractivity contribution is -0.218. The van der Waals surface area contributed by atoms with Crippen molar-refractivity contribution >= 4 is 19.4 Å². The van der Waals surface area contributed by atoms with E-state index in [-0.39, 0.29) is 12.2 Å². The zero-order valence-corrected chi connectivity index (χ0v) is 14.8. The third-order valence-corrected chi connectivity index (χ3v) is 4.15. The van der Waals surface area contributed by atoms with E-state index in [1.165, 1.54) is 6.92 Å². The maximum Gasteiger partial charge on any atom is 0.508 e. The van der Waals surface area contributed by atoms with Crippen LogP contribution in [0.25, 0.3) is 5.57 Å². The molecule has 1 unspecified atom stereocenters. The molecule has 0 heterocycles. The Kier molecular flexibility index (Phi) is 6.67. The highest BCUT2D eigenvalue weighted by molar-refractivity contribution is 7.47. The van der Waals surface area contributed by atoms with Gasteiger partial charge in [-0.3, -0.25) is 9.41 Å². The van der Waals surface area contributed by atoms with Gasteiger partial charge in [0.15, 0.2) is 0 Å². The Bertz CT molecular complexity index is 744. The summed E-state index contributed by atoms with van der Waals surface area (Å²) in [7, 11) is -4.43. The molecule has 0 bridgehead atoms. The number of hydrogen-bond acceptors (Lipinski definition) is 5. The molecule has 1 N–H and O–H groups in total. The van der Waals surface area contributed by atoms with Crippen LogP contribution in [0.1, 0.15) is 25.0 Å². The van der Waals surface area contributed by atoms with Gasteiger partial charge in [0.2, 0.25) is 0 Å². The highest BCUT2D eigenvalue weighted by Gasteiger charge is 2.25. The molecule has 2 aromatic rings. The molecule has 0 aliphatic heterocycles. The van der Waals surface area contributed by atoms with Crippen LogP contribution in [0.2, 0.25) is 0 Å². The van der Waals surface area contributed by atoms with Crippen LogP contribution < -0.4 is 0 Å². The van der Waals surface area contributed by atoms with Crippen LogP contribution >= 0.6 is 7.82 Å². The Hall–Kier alpha value is -2.24. The molecule has 0 aromatic heterocycles. The number of hydrogen-bond donors (Lipinski definition) is 1. The molecule has 0 fully saturated rings. The summed E-state index contributed by atoms with van der Waals surface area (Å²) >= 11 is 0. The second kappa shape index (κ2) is 8.74. The van der Waals surface area contributed by atoms with Crippen molar-refractivity contribution in [1.29, 1.82) is 0 Å². The van der Waals surface area contributed by atoms with E-state index in [0.717, 1.165) is 11.1 Å². The highest BCUT2D eigenvalue weighted by Crippen LogP contribution is 2.43. The number of benzene rings is 2. The van der Waals surface area contributed by atoms with E-state index < -0.39 is 13.8 Å². The Labute approximate surface area is 146 Å². The summed E-state index contributed by atoms with van der Waals surface area (Å²) in [6, 6.07) is 18.6. The predicted molar refractivity (Wildman–Crippen MR) is 93.2 cm³/mol. The van der Waals surface area contributed by atoms with Crippen molar-refractivity contribution in [2.24, 2.45) is 0 Å². The van der Waals surface area contributed by atoms with E-state index in [2.05, 4.69) is 14.1 Å². The molecule has 0 aliphatic carbocycles. The fourth-order valence-electron chi connectivity index (χ4n) is 2.24. The van der Waals surface area contributed by atoms with Gasteiger partial charge in [0.05, 0.1) is 6.61 Å². The number of carbonyl (C=O) groups excluding carboxylic acids is 1. The molecule has 0 saturated carbocycles. The summed E-state index contributed by atoms with van der Waals surface area (Å²) in [5, 5.41) is 0. The third-order valence-electron chi connectivity index (χ3n) is 3.31. The molecule has 1 atom stereocenters.